The Bertz CT molecular complexity index is 1560. The smallest absolute Gasteiger partial charge is 0.324 e. The van der Waals surface area contributed by atoms with Crippen molar-refractivity contribution in [3.05, 3.63) is 86.5 Å². The predicted molar refractivity (Wildman–Crippen MR) is 220 cm³/mol. The molecule has 0 saturated heterocycles. The number of phenolic OH excluding ortho intramolecular Hbond substituents is 3. The molecule has 3 aromatic rings. The Kier molecular flexibility index (Phi) is 15.5. The molecule has 3 aromatic carbocycles. The minimum Gasteiger partial charge on any atom is -0.508 e. The fourth-order valence-corrected chi connectivity index (χ4v) is 7.98. The number of unbranched alkanes of at least 4 members (excludes halogenated alkanes) is 2. The number of aryl methyl sites for hydroxylation is 3. The molecule has 0 amide bonds. The van der Waals surface area contributed by atoms with Crippen molar-refractivity contribution in [1.82, 2.24) is 0 Å². The Hall–Kier alpha value is -2.63. The first-order chi connectivity index (χ1) is 23.6. The molecule has 52 heavy (non-hydrogen) atoms. The average Bonchev–Trinajstić information content (AvgIpc) is 2.94. The van der Waals surface area contributed by atoms with Gasteiger partial charge in [-0.1, -0.05) is 127 Å². The monoisotopic (exact) mass is 738 g/mol. The first-order valence-corrected chi connectivity index (χ1v) is 20.2. The Morgan fingerprint density at radius 2 is 0.885 bits per heavy atom. The molecule has 0 aromatic heterocycles. The van der Waals surface area contributed by atoms with Gasteiger partial charge in [0.15, 0.2) is 0 Å². The van der Waals surface area contributed by atoms with Crippen molar-refractivity contribution in [1.29, 1.82) is 0 Å². The molecule has 3 rings (SSSR count). The highest BCUT2D eigenvalue weighted by molar-refractivity contribution is 7.38. The van der Waals surface area contributed by atoms with Crippen molar-refractivity contribution in [2.24, 2.45) is 5.92 Å². The second-order valence-corrected chi connectivity index (χ2v) is 19.3. The minimum atomic E-state index is -2.62. The number of rotatable bonds is 11. The molecule has 6 N–H and O–H groups in total. The zero-order chi connectivity index (χ0) is 40.1. The molecule has 1 atom stereocenters. The van der Waals surface area contributed by atoms with Gasteiger partial charge < -0.3 is 30.0 Å². The molecule has 0 saturated carbocycles. The maximum Gasteiger partial charge on any atom is 0.324 e. The van der Waals surface area contributed by atoms with E-state index >= 15 is 0 Å². The molecular formula is C45H71O6P. The maximum atomic E-state index is 11.3. The topological polar surface area (TPSA) is 121 Å². The third-order valence-electron chi connectivity index (χ3n) is 10.6. The van der Waals surface area contributed by atoms with Crippen molar-refractivity contribution in [2.45, 2.75) is 170 Å². The van der Waals surface area contributed by atoms with Gasteiger partial charge in [-0.25, -0.2) is 0 Å². The lowest BCUT2D eigenvalue weighted by atomic mass is 9.62. The summed E-state index contributed by atoms with van der Waals surface area (Å²) in [5.41, 5.74) is 8.93. The lowest BCUT2D eigenvalue weighted by Gasteiger charge is -2.42. The molecule has 0 fully saturated rings. The lowest BCUT2D eigenvalue weighted by Crippen LogP contribution is -2.33. The van der Waals surface area contributed by atoms with Crippen LogP contribution in [0.2, 0.25) is 0 Å². The van der Waals surface area contributed by atoms with Crippen molar-refractivity contribution >= 4 is 8.60 Å². The van der Waals surface area contributed by atoms with E-state index in [9.17, 15) is 15.3 Å². The third-order valence-corrected chi connectivity index (χ3v) is 10.6. The van der Waals surface area contributed by atoms with Gasteiger partial charge >= 0.3 is 8.60 Å². The first-order valence-electron chi connectivity index (χ1n) is 19.0. The van der Waals surface area contributed by atoms with Gasteiger partial charge in [-0.2, -0.15) is 0 Å². The third kappa shape index (κ3) is 11.7. The van der Waals surface area contributed by atoms with Crippen LogP contribution in [0.1, 0.15) is 178 Å². The Labute approximate surface area is 317 Å². The Morgan fingerprint density at radius 3 is 1.25 bits per heavy atom. The van der Waals surface area contributed by atoms with Crippen LogP contribution in [0.4, 0.5) is 0 Å². The number of aromatic hydroxyl groups is 3. The fraction of sp³-hybridized carbons (Fsp3) is 0.600. The molecular weight excluding hydrogens is 667 g/mol. The molecule has 7 heteroatoms. The molecule has 6 nitrogen and oxygen atoms in total. The van der Waals surface area contributed by atoms with Crippen LogP contribution in [0.5, 0.6) is 17.2 Å². The zero-order valence-corrected chi connectivity index (χ0v) is 35.9. The van der Waals surface area contributed by atoms with E-state index in [1.165, 1.54) is 29.5 Å². The Morgan fingerprint density at radius 1 is 0.519 bits per heavy atom. The quantitative estimate of drug-likeness (QED) is 0.0860. The first kappa shape index (κ1) is 45.5. The second kappa shape index (κ2) is 17.7. The normalized spacial score (nSPS) is 13.4. The molecule has 0 aliphatic carbocycles. The molecule has 0 aliphatic rings. The highest BCUT2D eigenvalue weighted by Gasteiger charge is 2.41. The van der Waals surface area contributed by atoms with Crippen LogP contribution in [-0.2, 0) is 21.7 Å². The molecule has 0 bridgehead atoms. The van der Waals surface area contributed by atoms with Gasteiger partial charge in [0.2, 0.25) is 0 Å². The summed E-state index contributed by atoms with van der Waals surface area (Å²) in [6.07, 6.45) is 6.49. The summed E-state index contributed by atoms with van der Waals surface area (Å²) in [7, 11) is -2.62. The number of hydrogen-bond acceptors (Lipinski definition) is 6. The van der Waals surface area contributed by atoms with Crippen LogP contribution in [0.25, 0.3) is 0 Å². The summed E-state index contributed by atoms with van der Waals surface area (Å²) in [5, 5.41) is 33.6. The molecule has 0 heterocycles. The number of hydrogen-bond donors (Lipinski definition) is 6. The highest BCUT2D eigenvalue weighted by atomic mass is 31.2. The molecule has 0 radical (unpaired) electrons. The highest BCUT2D eigenvalue weighted by Crippen LogP contribution is 2.51. The number of phenols is 3. The molecule has 292 valence electrons. The van der Waals surface area contributed by atoms with Crippen molar-refractivity contribution in [3.8, 4) is 17.2 Å². The SMILES string of the molecule is Cc1cc(O)c(C(C)(C)C)cc1C(C)CC(CCCCCC(C)C)(c1cc(C(C)(C)C)c(O)cc1C)c1cc(C(C)(C)C)c(O)cc1C.OP(O)O. The summed E-state index contributed by atoms with van der Waals surface area (Å²) in [6, 6.07) is 12.8. The summed E-state index contributed by atoms with van der Waals surface area (Å²) in [5.74, 6) is 1.92. The van der Waals surface area contributed by atoms with Crippen LogP contribution >= 0.6 is 8.60 Å². The van der Waals surface area contributed by atoms with Crippen LogP contribution in [0, 0.1) is 26.7 Å². The van der Waals surface area contributed by atoms with Crippen molar-refractivity contribution < 1.29 is 30.0 Å². The van der Waals surface area contributed by atoms with E-state index in [0.29, 0.717) is 23.2 Å². The van der Waals surface area contributed by atoms with E-state index in [2.05, 4.69) is 122 Å². The van der Waals surface area contributed by atoms with Gasteiger partial charge in [-0.15, -0.1) is 0 Å². The molecule has 0 aliphatic heterocycles. The van der Waals surface area contributed by atoms with Crippen molar-refractivity contribution in [2.75, 3.05) is 0 Å². The summed E-state index contributed by atoms with van der Waals surface area (Å²) in [4.78, 5) is 21.7. The van der Waals surface area contributed by atoms with E-state index in [4.69, 9.17) is 14.7 Å². The Balaban J connectivity index is 0.00000222. The average molecular weight is 739 g/mol. The van der Waals surface area contributed by atoms with Gasteiger partial charge in [0.05, 0.1) is 0 Å². The van der Waals surface area contributed by atoms with Crippen LogP contribution < -0.4 is 0 Å². The molecule has 1 unspecified atom stereocenters. The summed E-state index contributed by atoms with van der Waals surface area (Å²) < 4.78 is 0. The van der Waals surface area contributed by atoms with Gasteiger partial charge in [-0.3, -0.25) is 0 Å². The van der Waals surface area contributed by atoms with Gasteiger partial charge in [0.25, 0.3) is 0 Å². The number of benzene rings is 3. The van der Waals surface area contributed by atoms with Crippen LogP contribution in [-0.4, -0.2) is 30.0 Å². The van der Waals surface area contributed by atoms with E-state index in [1.807, 2.05) is 18.2 Å². The lowest BCUT2D eigenvalue weighted by molar-refractivity contribution is 0.368. The zero-order valence-electron chi connectivity index (χ0n) is 35.0. The van der Waals surface area contributed by atoms with E-state index in [-0.39, 0.29) is 27.6 Å². The van der Waals surface area contributed by atoms with Crippen LogP contribution in [0.3, 0.4) is 0 Å². The maximum absolute atomic E-state index is 11.3. The van der Waals surface area contributed by atoms with Gasteiger partial charge in [-0.05, 0) is 130 Å². The van der Waals surface area contributed by atoms with E-state index in [0.717, 1.165) is 59.1 Å². The summed E-state index contributed by atoms with van der Waals surface area (Å²) in [6.45, 7) is 32.9. The summed E-state index contributed by atoms with van der Waals surface area (Å²) >= 11 is 0. The minimum absolute atomic E-state index is 0.167. The largest absolute Gasteiger partial charge is 0.508 e. The van der Waals surface area contributed by atoms with Gasteiger partial charge in [0, 0.05) is 5.41 Å². The van der Waals surface area contributed by atoms with Crippen molar-refractivity contribution in [3.63, 3.8) is 0 Å². The predicted octanol–water partition coefficient (Wildman–Crippen LogP) is 11.9. The van der Waals surface area contributed by atoms with E-state index < -0.39 is 8.60 Å². The second-order valence-electron chi connectivity index (χ2n) is 18.8. The standard InChI is InChI=1S/C45H68O3.H3O3P/c1-28(2)19-17-16-18-20-45(34-25-37(43(10,11)12)40(47)22-30(34)4,35-26-38(44(13,14)15)41(48)23-31(35)5)27-32(6)33-24-36(42(7,8)9)39(46)21-29(33)3;1-4(2)3/h21-26,28,32,46-48H,16-20,27H2,1-15H3;1-3H. The molecule has 0 spiro atoms. The van der Waals surface area contributed by atoms with Gasteiger partial charge in [0.1, 0.15) is 17.2 Å². The van der Waals surface area contributed by atoms with E-state index in [1.54, 1.807) is 0 Å². The van der Waals surface area contributed by atoms with Crippen LogP contribution in [0.15, 0.2) is 36.4 Å². The fourth-order valence-electron chi connectivity index (χ4n) is 7.98.